The van der Waals surface area contributed by atoms with E-state index in [4.69, 9.17) is 23.2 Å². The number of pyridine rings is 1. The summed E-state index contributed by atoms with van der Waals surface area (Å²) in [6.07, 6.45) is 1.77. The largest absolute Gasteiger partial charge is 0.476 e. The molecule has 22 heavy (non-hydrogen) atoms. The van der Waals surface area contributed by atoms with Crippen LogP contribution in [-0.4, -0.2) is 27.8 Å². The highest BCUT2D eigenvalue weighted by Gasteiger charge is 2.17. The second-order valence-corrected chi connectivity index (χ2v) is 5.49. The minimum atomic E-state index is -1.13. The van der Waals surface area contributed by atoms with Crippen LogP contribution < -0.4 is 5.32 Å². The van der Waals surface area contributed by atoms with E-state index < -0.39 is 5.97 Å². The Morgan fingerprint density at radius 1 is 1.27 bits per heavy atom. The number of aromatic nitrogens is 1. The van der Waals surface area contributed by atoms with Gasteiger partial charge in [0.1, 0.15) is 0 Å². The van der Waals surface area contributed by atoms with E-state index in [0.29, 0.717) is 22.2 Å². The van der Waals surface area contributed by atoms with E-state index in [1.54, 1.807) is 30.3 Å². The quantitative estimate of drug-likeness (QED) is 0.747. The lowest BCUT2D eigenvalue weighted by molar-refractivity contribution is 0.0691. The second-order valence-electron chi connectivity index (χ2n) is 4.62. The highest BCUT2D eigenvalue weighted by atomic mass is 35.5. The first-order valence-electron chi connectivity index (χ1n) is 6.53. The predicted molar refractivity (Wildman–Crippen MR) is 85.7 cm³/mol. The maximum atomic E-state index is 11.2. The van der Waals surface area contributed by atoms with Crippen molar-refractivity contribution in [3.05, 3.63) is 57.8 Å². The second kappa shape index (κ2) is 7.45. The van der Waals surface area contributed by atoms with Crippen LogP contribution in [0.4, 0.5) is 5.69 Å². The van der Waals surface area contributed by atoms with Crippen molar-refractivity contribution in [2.24, 2.45) is 0 Å². The molecule has 0 aliphatic carbocycles. The number of carbonyl (C=O) groups is 1. The Kier molecular flexibility index (Phi) is 5.60. The molecule has 3 N–H and O–H groups in total. The zero-order chi connectivity index (χ0) is 16.1. The number of carboxylic acids is 1. The van der Waals surface area contributed by atoms with Gasteiger partial charge in [0.05, 0.1) is 11.7 Å². The maximum absolute atomic E-state index is 11.2. The Bertz CT molecular complexity index is 659. The molecule has 7 heteroatoms. The summed E-state index contributed by atoms with van der Waals surface area (Å²) < 4.78 is 0. The predicted octanol–water partition coefficient (Wildman–Crippen LogP) is 3.62. The molecule has 0 bridgehead atoms. The third-order valence-corrected chi connectivity index (χ3v) is 3.48. The molecule has 0 saturated heterocycles. The van der Waals surface area contributed by atoms with Crippen molar-refractivity contribution in [3.8, 4) is 0 Å². The molecule has 1 unspecified atom stereocenters. The lowest BCUT2D eigenvalue weighted by atomic mass is 10.0. The molecule has 0 radical (unpaired) electrons. The van der Waals surface area contributed by atoms with E-state index in [1.807, 2.05) is 0 Å². The van der Waals surface area contributed by atoms with Gasteiger partial charge in [-0.15, -0.1) is 0 Å². The van der Waals surface area contributed by atoms with E-state index in [1.165, 1.54) is 6.20 Å². The molecule has 1 aromatic carbocycles. The average Bonchev–Trinajstić information content (AvgIpc) is 2.46. The van der Waals surface area contributed by atoms with Gasteiger partial charge in [0, 0.05) is 22.8 Å². The molecule has 0 aliphatic heterocycles. The summed E-state index contributed by atoms with van der Waals surface area (Å²) in [6, 6.07) is 7.95. The molecule has 2 aromatic rings. The van der Waals surface area contributed by atoms with Crippen LogP contribution in [0.5, 0.6) is 0 Å². The zero-order valence-corrected chi connectivity index (χ0v) is 13.0. The summed E-state index contributed by atoms with van der Waals surface area (Å²) in [7, 11) is 0. The molecule has 0 amide bonds. The Balaban J connectivity index is 2.35. The number of rotatable bonds is 6. The van der Waals surface area contributed by atoms with Crippen LogP contribution in [-0.2, 0) is 0 Å². The van der Waals surface area contributed by atoms with Gasteiger partial charge in [0.25, 0.3) is 0 Å². The van der Waals surface area contributed by atoms with Crippen molar-refractivity contribution in [2.75, 3.05) is 11.9 Å². The van der Waals surface area contributed by atoms with E-state index in [9.17, 15) is 15.0 Å². The number of aliphatic hydroxyl groups is 1. The molecule has 1 heterocycles. The normalized spacial score (nSPS) is 12.0. The number of nitrogens with zero attached hydrogens (tertiary/aromatic N) is 1. The summed E-state index contributed by atoms with van der Waals surface area (Å²) >= 11 is 12.0. The molecule has 0 aliphatic rings. The van der Waals surface area contributed by atoms with Crippen molar-refractivity contribution >= 4 is 34.9 Å². The summed E-state index contributed by atoms with van der Waals surface area (Å²) in [6.45, 7) is -0.0789. The number of carboxylic acid groups (broad SMARTS) is 1. The van der Waals surface area contributed by atoms with E-state index in [0.717, 1.165) is 5.56 Å². The highest BCUT2D eigenvalue weighted by Crippen LogP contribution is 2.28. The first-order valence-corrected chi connectivity index (χ1v) is 7.28. The van der Waals surface area contributed by atoms with Crippen molar-refractivity contribution in [2.45, 2.75) is 12.5 Å². The summed E-state index contributed by atoms with van der Waals surface area (Å²) in [5.41, 5.74) is 1.04. The third-order valence-electron chi connectivity index (χ3n) is 3.05. The van der Waals surface area contributed by atoms with E-state index in [2.05, 4.69) is 10.3 Å². The number of benzene rings is 1. The summed E-state index contributed by atoms with van der Waals surface area (Å²) in [4.78, 5) is 15.1. The number of aliphatic hydroxyl groups excluding tert-OH is 1. The molecule has 0 fully saturated rings. The van der Waals surface area contributed by atoms with E-state index in [-0.39, 0.29) is 18.3 Å². The molecule has 0 spiro atoms. The summed E-state index contributed by atoms with van der Waals surface area (Å²) in [5.74, 6) is -1.13. The van der Waals surface area contributed by atoms with Gasteiger partial charge in [-0.25, -0.2) is 9.78 Å². The number of halogens is 2. The molecule has 1 atom stereocenters. The molecule has 1 aromatic heterocycles. The van der Waals surface area contributed by atoms with Gasteiger partial charge in [-0.3, -0.25) is 0 Å². The van der Waals surface area contributed by atoms with Gasteiger partial charge in [0.2, 0.25) is 0 Å². The Labute approximate surface area is 137 Å². The fourth-order valence-electron chi connectivity index (χ4n) is 2.11. The Hall–Kier alpha value is -1.82. The smallest absolute Gasteiger partial charge is 0.356 e. The molecule has 116 valence electrons. The van der Waals surface area contributed by atoms with Gasteiger partial charge in [0.15, 0.2) is 5.69 Å². The highest BCUT2D eigenvalue weighted by molar-refractivity contribution is 6.34. The molecular formula is C15H14Cl2N2O3. The first-order chi connectivity index (χ1) is 10.5. The van der Waals surface area contributed by atoms with Gasteiger partial charge >= 0.3 is 5.97 Å². The van der Waals surface area contributed by atoms with Crippen LogP contribution in [0, 0.1) is 0 Å². The SMILES string of the molecule is O=C(O)c1ncccc1NC(CCO)c1cc(Cl)cc(Cl)c1. The molecule has 5 nitrogen and oxygen atoms in total. The number of hydrogen-bond acceptors (Lipinski definition) is 4. The number of aromatic carboxylic acids is 1. The van der Waals surface area contributed by atoms with Gasteiger partial charge in [-0.05, 0) is 42.3 Å². The summed E-state index contributed by atoms with van der Waals surface area (Å²) in [5, 5.41) is 22.4. The van der Waals surface area contributed by atoms with Crippen molar-refractivity contribution in [1.82, 2.24) is 4.98 Å². The zero-order valence-electron chi connectivity index (χ0n) is 11.5. The average molecular weight is 341 g/mol. The Morgan fingerprint density at radius 3 is 2.55 bits per heavy atom. The third kappa shape index (κ3) is 4.10. The number of anilines is 1. The number of hydrogen-bond donors (Lipinski definition) is 3. The van der Waals surface area contributed by atoms with Crippen LogP contribution in [0.25, 0.3) is 0 Å². The molecule has 2 rings (SSSR count). The topological polar surface area (TPSA) is 82.5 Å². The first kappa shape index (κ1) is 16.5. The van der Waals surface area contributed by atoms with Crippen LogP contribution in [0.15, 0.2) is 36.5 Å². The van der Waals surface area contributed by atoms with Crippen LogP contribution in [0.1, 0.15) is 28.5 Å². The minimum Gasteiger partial charge on any atom is -0.476 e. The lowest BCUT2D eigenvalue weighted by Crippen LogP contribution is -2.15. The van der Waals surface area contributed by atoms with Crippen LogP contribution >= 0.6 is 23.2 Å². The van der Waals surface area contributed by atoms with Crippen molar-refractivity contribution in [1.29, 1.82) is 0 Å². The van der Waals surface area contributed by atoms with Crippen molar-refractivity contribution < 1.29 is 15.0 Å². The lowest BCUT2D eigenvalue weighted by Gasteiger charge is -2.21. The van der Waals surface area contributed by atoms with Crippen LogP contribution in [0.3, 0.4) is 0 Å². The van der Waals surface area contributed by atoms with Gasteiger partial charge < -0.3 is 15.5 Å². The molecular weight excluding hydrogens is 327 g/mol. The Morgan fingerprint density at radius 2 is 1.95 bits per heavy atom. The standard InChI is InChI=1S/C15H14Cl2N2O3/c16-10-6-9(7-11(17)8-10)12(3-5-20)19-13-2-1-4-18-14(13)15(21)22/h1-2,4,6-8,12,19-20H,3,5H2,(H,21,22). The molecule has 0 saturated carbocycles. The van der Waals surface area contributed by atoms with Gasteiger partial charge in [-0.2, -0.15) is 0 Å². The van der Waals surface area contributed by atoms with E-state index >= 15 is 0 Å². The monoisotopic (exact) mass is 340 g/mol. The fraction of sp³-hybridized carbons (Fsp3) is 0.200. The fourth-order valence-corrected chi connectivity index (χ4v) is 2.65. The van der Waals surface area contributed by atoms with Crippen molar-refractivity contribution in [3.63, 3.8) is 0 Å². The number of nitrogens with one attached hydrogen (secondary N) is 1. The van der Waals surface area contributed by atoms with Crippen LogP contribution in [0.2, 0.25) is 10.0 Å². The maximum Gasteiger partial charge on any atom is 0.356 e. The minimum absolute atomic E-state index is 0.0789. The van der Waals surface area contributed by atoms with Gasteiger partial charge in [-0.1, -0.05) is 23.2 Å².